The summed E-state index contributed by atoms with van der Waals surface area (Å²) in [5.74, 6) is -0.558. The van der Waals surface area contributed by atoms with Crippen molar-refractivity contribution in [3.05, 3.63) is 59.2 Å². The number of nitrogens with zero attached hydrogens (tertiary/aromatic N) is 3. The van der Waals surface area contributed by atoms with Crippen LogP contribution in [0.3, 0.4) is 0 Å². The Balaban J connectivity index is 1.44. The monoisotopic (exact) mass is 514 g/mol. The molecule has 1 aliphatic heterocycles. The molecule has 0 unspecified atom stereocenters. The number of hydrogen-bond acceptors (Lipinski definition) is 4. The number of phenolic OH excluding ortho intramolecular Hbond substituents is 1. The maximum Gasteiger partial charge on any atom is 0.420 e. The van der Waals surface area contributed by atoms with Crippen molar-refractivity contribution < 1.29 is 23.1 Å². The van der Waals surface area contributed by atoms with Crippen LogP contribution in [0.25, 0.3) is 0 Å². The molecule has 0 spiro atoms. The van der Waals surface area contributed by atoms with Crippen LogP contribution in [0.15, 0.2) is 42.5 Å². The number of nitriles is 1. The number of likely N-dealkylation sites (tertiary alicyclic amines) is 1. The highest BCUT2D eigenvalue weighted by atomic mass is 19.4. The number of nitrogens with one attached hydrogen (secondary N) is 1. The molecular weight excluding hydrogens is 481 g/mol. The molecule has 2 amide bonds. The Morgan fingerprint density at radius 1 is 1.11 bits per heavy atom. The van der Waals surface area contributed by atoms with Crippen LogP contribution in [0.2, 0.25) is 0 Å². The zero-order valence-corrected chi connectivity index (χ0v) is 20.8. The molecule has 0 atom stereocenters. The lowest BCUT2D eigenvalue weighted by molar-refractivity contribution is -0.138. The first-order valence-electron chi connectivity index (χ1n) is 12.9. The molecule has 1 saturated heterocycles. The van der Waals surface area contributed by atoms with Gasteiger partial charge in [0.1, 0.15) is 5.75 Å². The zero-order chi connectivity index (χ0) is 26.4. The summed E-state index contributed by atoms with van der Waals surface area (Å²) in [5, 5.41) is 21.5. The van der Waals surface area contributed by atoms with Gasteiger partial charge in [0.2, 0.25) is 0 Å². The number of urea groups is 1. The predicted octanol–water partition coefficient (Wildman–Crippen LogP) is 6.33. The fourth-order valence-corrected chi connectivity index (χ4v) is 5.54. The average Bonchev–Trinajstić information content (AvgIpc) is 3.41. The van der Waals surface area contributed by atoms with E-state index in [9.17, 15) is 28.3 Å². The van der Waals surface area contributed by atoms with Crippen LogP contribution in [-0.4, -0.2) is 53.2 Å². The molecule has 37 heavy (non-hydrogen) atoms. The summed E-state index contributed by atoms with van der Waals surface area (Å²) in [6.07, 6.45) is 1.74. The van der Waals surface area contributed by atoms with E-state index in [-0.39, 0.29) is 11.7 Å². The number of hydrogen-bond donors (Lipinski definition) is 2. The summed E-state index contributed by atoms with van der Waals surface area (Å²) in [6.45, 7) is 3.53. The van der Waals surface area contributed by atoms with Gasteiger partial charge < -0.3 is 20.2 Å². The topological polar surface area (TPSA) is 79.6 Å². The molecule has 9 heteroatoms. The minimum absolute atomic E-state index is 0.00155. The molecule has 1 saturated carbocycles. The van der Waals surface area contributed by atoms with Crippen molar-refractivity contribution in [2.75, 3.05) is 31.5 Å². The SMILES string of the molecule is N#Cc1cccc(C2CCC(N(CCCN3CCCC3)C(=O)Nc3ccc(O)c(C(F)(F)F)c3)CC2)c1. The fraction of sp³-hybridized carbons (Fsp3) is 0.500. The minimum Gasteiger partial charge on any atom is -0.507 e. The van der Waals surface area contributed by atoms with Crippen LogP contribution in [0.4, 0.5) is 23.7 Å². The number of halogens is 3. The summed E-state index contributed by atoms with van der Waals surface area (Å²) in [5.41, 5.74) is 0.591. The summed E-state index contributed by atoms with van der Waals surface area (Å²) in [6, 6.07) is 12.4. The van der Waals surface area contributed by atoms with Crippen molar-refractivity contribution >= 4 is 11.7 Å². The van der Waals surface area contributed by atoms with Crippen molar-refractivity contribution in [3.8, 4) is 11.8 Å². The smallest absolute Gasteiger partial charge is 0.420 e. The van der Waals surface area contributed by atoms with Gasteiger partial charge in [0.15, 0.2) is 0 Å². The second-order valence-electron chi connectivity index (χ2n) is 10.00. The third kappa shape index (κ3) is 6.95. The van der Waals surface area contributed by atoms with Gasteiger partial charge in [0.05, 0.1) is 17.2 Å². The van der Waals surface area contributed by atoms with Gasteiger partial charge in [-0.25, -0.2) is 4.79 Å². The number of phenols is 1. The summed E-state index contributed by atoms with van der Waals surface area (Å²) < 4.78 is 39.7. The third-order valence-corrected chi connectivity index (χ3v) is 7.51. The molecule has 2 fully saturated rings. The minimum atomic E-state index is -4.72. The Hall–Kier alpha value is -3.25. The molecule has 2 N–H and O–H groups in total. The van der Waals surface area contributed by atoms with Crippen LogP contribution in [0.5, 0.6) is 5.75 Å². The second-order valence-corrected chi connectivity index (χ2v) is 10.00. The first kappa shape index (κ1) is 26.8. The van der Waals surface area contributed by atoms with Crippen molar-refractivity contribution in [2.24, 2.45) is 0 Å². The first-order chi connectivity index (χ1) is 17.7. The van der Waals surface area contributed by atoms with Gasteiger partial charge in [-0.15, -0.1) is 0 Å². The van der Waals surface area contributed by atoms with E-state index in [1.165, 1.54) is 18.9 Å². The van der Waals surface area contributed by atoms with Crippen molar-refractivity contribution in [2.45, 2.75) is 63.1 Å². The average molecular weight is 515 g/mol. The Morgan fingerprint density at radius 2 is 1.84 bits per heavy atom. The lowest BCUT2D eigenvalue weighted by atomic mass is 9.81. The zero-order valence-electron chi connectivity index (χ0n) is 20.8. The second kappa shape index (κ2) is 11.9. The number of carbonyl (C=O) groups excluding carboxylic acids is 1. The van der Waals surface area contributed by atoms with Crippen LogP contribution >= 0.6 is 0 Å². The number of anilines is 1. The maximum absolute atomic E-state index is 13.3. The molecule has 1 aliphatic carbocycles. The molecule has 2 aliphatic rings. The standard InChI is InChI=1S/C28H33F3N4O2/c29-28(30,31)25-18-23(9-12-26(25)36)33-27(37)35(16-4-15-34-13-1-2-14-34)24-10-7-21(8-11-24)22-6-3-5-20(17-22)19-32/h3,5-6,9,12,17-18,21,24,36H,1-2,4,7-8,10-11,13-16H2,(H,33,37). The lowest BCUT2D eigenvalue weighted by Crippen LogP contribution is -2.45. The normalized spacial score (nSPS) is 20.4. The fourth-order valence-electron chi connectivity index (χ4n) is 5.54. The van der Waals surface area contributed by atoms with Gasteiger partial charge in [0.25, 0.3) is 0 Å². The molecule has 2 aromatic carbocycles. The van der Waals surface area contributed by atoms with Gasteiger partial charge >= 0.3 is 12.2 Å². The molecule has 0 bridgehead atoms. The van der Waals surface area contributed by atoms with Gasteiger partial charge in [-0.2, -0.15) is 18.4 Å². The number of aromatic hydroxyl groups is 1. The van der Waals surface area contributed by atoms with Gasteiger partial charge in [-0.1, -0.05) is 12.1 Å². The Bertz CT molecular complexity index is 1120. The van der Waals surface area contributed by atoms with E-state index in [0.29, 0.717) is 18.0 Å². The Kier molecular flexibility index (Phi) is 8.59. The number of benzene rings is 2. The highest BCUT2D eigenvalue weighted by Crippen LogP contribution is 2.38. The molecular formula is C28H33F3N4O2. The van der Waals surface area contributed by atoms with E-state index in [1.54, 1.807) is 11.0 Å². The van der Waals surface area contributed by atoms with Crippen LogP contribution in [0.1, 0.15) is 67.6 Å². The van der Waals surface area contributed by atoms with Crippen molar-refractivity contribution in [3.63, 3.8) is 0 Å². The van der Waals surface area contributed by atoms with Gasteiger partial charge in [-0.05, 0) is 106 Å². The number of carbonyl (C=O) groups is 1. The molecule has 0 radical (unpaired) electrons. The predicted molar refractivity (Wildman–Crippen MR) is 135 cm³/mol. The van der Waals surface area contributed by atoms with Gasteiger partial charge in [0, 0.05) is 18.3 Å². The highest BCUT2D eigenvalue weighted by molar-refractivity contribution is 5.89. The summed E-state index contributed by atoms with van der Waals surface area (Å²) >= 11 is 0. The molecule has 2 aromatic rings. The number of alkyl halides is 3. The first-order valence-corrected chi connectivity index (χ1v) is 12.9. The van der Waals surface area contributed by atoms with E-state index >= 15 is 0 Å². The van der Waals surface area contributed by atoms with E-state index < -0.39 is 23.5 Å². The largest absolute Gasteiger partial charge is 0.507 e. The van der Waals surface area contributed by atoms with E-state index in [4.69, 9.17) is 0 Å². The third-order valence-electron chi connectivity index (χ3n) is 7.51. The van der Waals surface area contributed by atoms with Crippen LogP contribution < -0.4 is 5.32 Å². The molecule has 0 aromatic heterocycles. The molecule has 4 rings (SSSR count). The lowest BCUT2D eigenvalue weighted by Gasteiger charge is -2.37. The van der Waals surface area contributed by atoms with Crippen molar-refractivity contribution in [1.82, 2.24) is 9.80 Å². The summed E-state index contributed by atoms with van der Waals surface area (Å²) in [7, 11) is 0. The number of rotatable bonds is 7. The van der Waals surface area contributed by atoms with Gasteiger partial charge in [-0.3, -0.25) is 0 Å². The van der Waals surface area contributed by atoms with E-state index in [2.05, 4.69) is 16.3 Å². The quantitative estimate of drug-likeness (QED) is 0.423. The Labute approximate surface area is 215 Å². The summed E-state index contributed by atoms with van der Waals surface area (Å²) in [4.78, 5) is 17.5. The van der Waals surface area contributed by atoms with Crippen LogP contribution in [-0.2, 0) is 6.18 Å². The molecule has 6 nitrogen and oxygen atoms in total. The molecule has 1 heterocycles. The van der Waals surface area contributed by atoms with Crippen LogP contribution in [0, 0.1) is 11.3 Å². The van der Waals surface area contributed by atoms with Crippen molar-refractivity contribution in [1.29, 1.82) is 5.26 Å². The number of amides is 2. The molecule has 198 valence electrons. The Morgan fingerprint density at radius 3 is 2.51 bits per heavy atom. The highest BCUT2D eigenvalue weighted by Gasteiger charge is 2.35. The van der Waals surface area contributed by atoms with E-state index in [0.717, 1.165) is 69.4 Å². The van der Waals surface area contributed by atoms with E-state index in [1.807, 2.05) is 18.2 Å². The maximum atomic E-state index is 13.3.